The van der Waals surface area contributed by atoms with Crippen molar-refractivity contribution in [3.63, 3.8) is 0 Å². The zero-order valence-corrected chi connectivity index (χ0v) is 20.3. The van der Waals surface area contributed by atoms with E-state index in [1.165, 1.54) is 6.07 Å². The molecule has 0 spiro atoms. The van der Waals surface area contributed by atoms with Crippen molar-refractivity contribution in [2.45, 2.75) is 70.3 Å². The Kier molecular flexibility index (Phi) is 8.50. The molecule has 33 heavy (non-hydrogen) atoms. The Hall–Kier alpha value is -2.00. The maximum atomic E-state index is 14.1. The van der Waals surface area contributed by atoms with E-state index in [4.69, 9.17) is 4.74 Å². The molecule has 1 aliphatic heterocycles. The Morgan fingerprint density at radius 3 is 2.61 bits per heavy atom. The van der Waals surface area contributed by atoms with Gasteiger partial charge in [0.15, 0.2) is 21.4 Å². The molecule has 1 heterocycles. The largest absolute Gasteiger partial charge is 0.490 e. The van der Waals surface area contributed by atoms with Gasteiger partial charge < -0.3 is 10.1 Å². The van der Waals surface area contributed by atoms with Crippen LogP contribution in [0, 0.1) is 11.7 Å². The van der Waals surface area contributed by atoms with Crippen molar-refractivity contribution in [3.05, 3.63) is 29.6 Å². The van der Waals surface area contributed by atoms with Gasteiger partial charge in [0, 0.05) is 11.8 Å². The number of nitrogens with one attached hydrogen (secondary N) is 2. The fraction of sp³-hybridized carbons (Fsp3) is 0.667. The fourth-order valence-electron chi connectivity index (χ4n) is 4.02. The highest BCUT2D eigenvalue weighted by Crippen LogP contribution is 2.33. The minimum absolute atomic E-state index is 0.0256. The topological polar surface area (TPSA) is 102 Å². The summed E-state index contributed by atoms with van der Waals surface area (Å²) in [5.74, 6) is -0.215. The molecule has 2 amide bonds. The van der Waals surface area contributed by atoms with E-state index in [-0.39, 0.29) is 35.1 Å². The van der Waals surface area contributed by atoms with Gasteiger partial charge in [0.05, 0.1) is 24.2 Å². The maximum absolute atomic E-state index is 14.1. The monoisotopic (exact) mass is 482 g/mol. The molecule has 0 aromatic heterocycles. The van der Waals surface area contributed by atoms with E-state index >= 15 is 0 Å². The molecule has 1 atom stereocenters. The number of hydrogen-bond donors (Lipinski definition) is 2. The third kappa shape index (κ3) is 8.07. The number of sulfone groups is 1. The molecule has 0 bridgehead atoms. The number of carbonyl (C=O) groups is 2. The van der Waals surface area contributed by atoms with Crippen LogP contribution in [0.5, 0.6) is 5.75 Å². The lowest BCUT2D eigenvalue weighted by molar-refractivity contribution is -0.134. The van der Waals surface area contributed by atoms with Gasteiger partial charge in [-0.1, -0.05) is 26.3 Å². The Balaban J connectivity index is 1.42. The first kappa shape index (κ1) is 25.6. The summed E-state index contributed by atoms with van der Waals surface area (Å²) in [6, 6.07) is 4.26. The zero-order valence-electron chi connectivity index (χ0n) is 19.5. The minimum Gasteiger partial charge on any atom is -0.490 e. The highest BCUT2D eigenvalue weighted by molar-refractivity contribution is 7.91. The normalized spacial score (nSPS) is 19.4. The van der Waals surface area contributed by atoms with E-state index in [0.717, 1.165) is 31.2 Å². The number of ether oxygens (including phenoxy) is 1. The van der Waals surface area contributed by atoms with Crippen molar-refractivity contribution in [2.75, 3.05) is 24.7 Å². The minimum atomic E-state index is -3.31. The van der Waals surface area contributed by atoms with Gasteiger partial charge in [-0.25, -0.2) is 12.8 Å². The van der Waals surface area contributed by atoms with Gasteiger partial charge in [0.1, 0.15) is 0 Å². The molecule has 1 aliphatic carbocycles. The lowest BCUT2D eigenvalue weighted by atomic mass is 9.86. The van der Waals surface area contributed by atoms with E-state index < -0.39 is 21.1 Å². The van der Waals surface area contributed by atoms with Gasteiger partial charge in [-0.05, 0) is 62.3 Å². The van der Waals surface area contributed by atoms with Gasteiger partial charge in [0.25, 0.3) is 0 Å². The quantitative estimate of drug-likeness (QED) is 0.331. The highest BCUT2D eigenvalue weighted by Gasteiger charge is 2.30. The summed E-state index contributed by atoms with van der Waals surface area (Å²) in [4.78, 5) is 22.9. The van der Waals surface area contributed by atoms with Crippen LogP contribution in [-0.4, -0.2) is 50.9 Å². The number of rotatable bonds is 13. The van der Waals surface area contributed by atoms with Crippen molar-refractivity contribution >= 4 is 21.7 Å². The van der Waals surface area contributed by atoms with Gasteiger partial charge in [-0.3, -0.25) is 14.9 Å². The predicted molar refractivity (Wildman–Crippen MR) is 124 cm³/mol. The van der Waals surface area contributed by atoms with E-state index in [1.807, 2.05) is 13.8 Å². The number of carbonyl (C=O) groups excluding carboxylic acids is 2. The van der Waals surface area contributed by atoms with Crippen LogP contribution in [0.3, 0.4) is 0 Å². The average molecular weight is 483 g/mol. The van der Waals surface area contributed by atoms with Gasteiger partial charge in [0.2, 0.25) is 11.8 Å². The molecule has 2 fully saturated rings. The van der Waals surface area contributed by atoms with Crippen LogP contribution in [0.15, 0.2) is 18.2 Å². The van der Waals surface area contributed by atoms with Gasteiger partial charge >= 0.3 is 0 Å². The van der Waals surface area contributed by atoms with Crippen LogP contribution in [-0.2, 0) is 24.8 Å². The summed E-state index contributed by atoms with van der Waals surface area (Å²) in [5.41, 5.74) is 0.0732. The van der Waals surface area contributed by atoms with Crippen LogP contribution in [0.25, 0.3) is 0 Å². The number of amides is 2. The average Bonchev–Trinajstić information content (AvgIpc) is 3.55. The first-order chi connectivity index (χ1) is 15.6. The smallest absolute Gasteiger partial charge is 0.243 e. The van der Waals surface area contributed by atoms with Crippen molar-refractivity contribution in [2.24, 2.45) is 5.92 Å². The number of halogens is 1. The number of benzene rings is 1. The summed E-state index contributed by atoms with van der Waals surface area (Å²) in [5, 5.41) is 5.43. The Labute approximate surface area is 195 Å². The van der Waals surface area contributed by atoms with Crippen LogP contribution in [0.4, 0.5) is 4.39 Å². The summed E-state index contributed by atoms with van der Waals surface area (Å²) in [7, 11) is -3.31. The van der Waals surface area contributed by atoms with Crippen LogP contribution >= 0.6 is 0 Å². The van der Waals surface area contributed by atoms with E-state index in [9.17, 15) is 22.4 Å². The molecule has 3 rings (SSSR count). The number of unbranched alkanes of at least 4 members (excludes halogenated alkanes) is 2. The van der Waals surface area contributed by atoms with E-state index in [0.29, 0.717) is 38.3 Å². The number of piperidine rings is 1. The first-order valence-electron chi connectivity index (χ1n) is 11.8. The van der Waals surface area contributed by atoms with Crippen LogP contribution < -0.4 is 15.4 Å². The molecule has 1 saturated carbocycles. The van der Waals surface area contributed by atoms with Crippen LogP contribution in [0.1, 0.15) is 64.4 Å². The molecular formula is C24H35FN2O5S. The van der Waals surface area contributed by atoms with Crippen molar-refractivity contribution in [1.82, 2.24) is 10.6 Å². The summed E-state index contributed by atoms with van der Waals surface area (Å²) in [6.45, 7) is 4.80. The second kappa shape index (κ2) is 11.0. The maximum Gasteiger partial charge on any atom is 0.243 e. The molecule has 1 unspecified atom stereocenters. The summed E-state index contributed by atoms with van der Waals surface area (Å²) in [6.07, 6.45) is 5.04. The molecule has 1 saturated heterocycles. The number of hydrogen-bond acceptors (Lipinski definition) is 6. The lowest BCUT2D eigenvalue weighted by Gasteiger charge is -2.26. The second-order valence-corrected chi connectivity index (χ2v) is 12.1. The molecule has 1 aromatic rings. The molecule has 2 N–H and O–H groups in total. The Bertz CT molecular complexity index is 960. The van der Waals surface area contributed by atoms with Gasteiger partial charge in [-0.2, -0.15) is 0 Å². The van der Waals surface area contributed by atoms with Crippen molar-refractivity contribution < 1.29 is 27.1 Å². The standard InChI is InChI=1S/C24H35FN2O5S/c1-24(2,18-8-9-19(25)21(14-18)32-15-17-6-7-17)16-33(30,31)13-5-3-4-12-26-20-10-11-22(28)27-23(20)29/h8-9,14,17,20,26H,3-7,10-13,15-16H2,1-2H3,(H,27,28,29). The van der Waals surface area contributed by atoms with Crippen molar-refractivity contribution in [1.29, 1.82) is 0 Å². The van der Waals surface area contributed by atoms with E-state index in [2.05, 4.69) is 10.6 Å². The number of imide groups is 1. The first-order valence-corrected chi connectivity index (χ1v) is 13.6. The van der Waals surface area contributed by atoms with E-state index in [1.54, 1.807) is 12.1 Å². The molecule has 1 aromatic carbocycles. The molecular weight excluding hydrogens is 447 g/mol. The zero-order chi connectivity index (χ0) is 24.1. The SMILES string of the molecule is CC(C)(CS(=O)(=O)CCCCCNC1CCC(=O)NC1=O)c1ccc(F)c(OCC2CC2)c1. The summed E-state index contributed by atoms with van der Waals surface area (Å²) < 4.78 is 45.2. The van der Waals surface area contributed by atoms with Crippen molar-refractivity contribution in [3.8, 4) is 5.75 Å². The molecule has 9 heteroatoms. The molecule has 7 nitrogen and oxygen atoms in total. The molecule has 184 valence electrons. The lowest BCUT2D eigenvalue weighted by Crippen LogP contribution is -2.50. The molecule has 0 radical (unpaired) electrons. The highest BCUT2D eigenvalue weighted by atomic mass is 32.2. The summed E-state index contributed by atoms with van der Waals surface area (Å²) >= 11 is 0. The fourth-order valence-corrected chi connectivity index (χ4v) is 6.08. The third-order valence-corrected chi connectivity index (χ3v) is 8.30. The Morgan fingerprint density at radius 2 is 1.91 bits per heavy atom. The third-order valence-electron chi connectivity index (χ3n) is 6.23. The predicted octanol–water partition coefficient (Wildman–Crippen LogP) is 2.87. The van der Waals surface area contributed by atoms with Crippen LogP contribution in [0.2, 0.25) is 0 Å². The van der Waals surface area contributed by atoms with Gasteiger partial charge in [-0.15, -0.1) is 0 Å². The molecule has 2 aliphatic rings. The Morgan fingerprint density at radius 1 is 1.15 bits per heavy atom. The second-order valence-electron chi connectivity index (χ2n) is 9.89.